The summed E-state index contributed by atoms with van der Waals surface area (Å²) in [6.45, 7) is 3.81. The van der Waals surface area contributed by atoms with Crippen molar-refractivity contribution in [1.29, 1.82) is 0 Å². The summed E-state index contributed by atoms with van der Waals surface area (Å²) in [6, 6.07) is 11.8. The summed E-state index contributed by atoms with van der Waals surface area (Å²) in [5.74, 6) is -0.235. The molecule has 1 aliphatic heterocycles. The Morgan fingerprint density at radius 2 is 1.80 bits per heavy atom. The summed E-state index contributed by atoms with van der Waals surface area (Å²) in [5, 5.41) is 3.76. The first-order chi connectivity index (χ1) is 9.76. The molecule has 1 aromatic rings. The molecule has 1 aliphatic carbocycles. The molecule has 1 aromatic carbocycles. The summed E-state index contributed by atoms with van der Waals surface area (Å²) in [4.78, 5) is 0. The van der Waals surface area contributed by atoms with E-state index in [1.807, 2.05) is 0 Å². The summed E-state index contributed by atoms with van der Waals surface area (Å²) >= 11 is 0. The van der Waals surface area contributed by atoms with Crippen LogP contribution in [0.1, 0.15) is 38.2 Å². The van der Waals surface area contributed by atoms with E-state index in [2.05, 4.69) is 42.6 Å². The summed E-state index contributed by atoms with van der Waals surface area (Å²) in [6.07, 6.45) is 5.46. The highest BCUT2D eigenvalue weighted by atomic mass is 16.7. The van der Waals surface area contributed by atoms with E-state index in [1.165, 1.54) is 5.56 Å². The highest BCUT2D eigenvalue weighted by molar-refractivity contribution is 5.15. The molecule has 1 atom stereocenters. The molecule has 2 fully saturated rings. The maximum Gasteiger partial charge on any atom is 0.168 e. The lowest BCUT2D eigenvalue weighted by molar-refractivity contribution is -0.179. The van der Waals surface area contributed by atoms with E-state index in [4.69, 9.17) is 9.47 Å². The Morgan fingerprint density at radius 1 is 1.15 bits per heavy atom. The monoisotopic (exact) mass is 275 g/mol. The Kier molecular flexibility index (Phi) is 4.39. The van der Waals surface area contributed by atoms with Gasteiger partial charge in [-0.05, 0) is 31.7 Å². The predicted molar refractivity (Wildman–Crippen MR) is 79.6 cm³/mol. The van der Waals surface area contributed by atoms with Crippen molar-refractivity contribution < 1.29 is 9.47 Å². The lowest BCUT2D eigenvalue weighted by Crippen LogP contribution is -2.45. The van der Waals surface area contributed by atoms with Crippen molar-refractivity contribution in [3.8, 4) is 0 Å². The van der Waals surface area contributed by atoms with Crippen LogP contribution in [0.4, 0.5) is 0 Å². The fraction of sp³-hybridized carbons (Fsp3) is 0.647. The second kappa shape index (κ2) is 6.25. The fourth-order valence-electron chi connectivity index (χ4n) is 3.44. The van der Waals surface area contributed by atoms with Crippen LogP contribution in [0.2, 0.25) is 0 Å². The zero-order chi connectivity index (χ0) is 13.8. The molecule has 1 saturated carbocycles. The van der Waals surface area contributed by atoms with Gasteiger partial charge in [0.05, 0.1) is 13.2 Å². The third kappa shape index (κ3) is 3.40. The summed E-state index contributed by atoms with van der Waals surface area (Å²) in [7, 11) is 0. The molecule has 110 valence electrons. The van der Waals surface area contributed by atoms with E-state index in [0.717, 1.165) is 45.3 Å². The third-order valence-corrected chi connectivity index (χ3v) is 4.47. The van der Waals surface area contributed by atoms with Crippen LogP contribution in [0.5, 0.6) is 0 Å². The maximum absolute atomic E-state index is 5.78. The Hall–Kier alpha value is -0.900. The van der Waals surface area contributed by atoms with E-state index >= 15 is 0 Å². The first-order valence-electron chi connectivity index (χ1n) is 7.84. The van der Waals surface area contributed by atoms with Gasteiger partial charge in [-0.25, -0.2) is 0 Å². The molecular formula is C17H25NO2. The predicted octanol–water partition coefficient (Wildman–Crippen LogP) is 2.89. The molecule has 20 heavy (non-hydrogen) atoms. The van der Waals surface area contributed by atoms with Crippen molar-refractivity contribution in [2.24, 2.45) is 0 Å². The van der Waals surface area contributed by atoms with Crippen LogP contribution in [-0.4, -0.2) is 31.1 Å². The van der Waals surface area contributed by atoms with Crippen molar-refractivity contribution >= 4 is 0 Å². The van der Waals surface area contributed by atoms with Gasteiger partial charge in [-0.3, -0.25) is 0 Å². The SMILES string of the molecule is CC(Cc1ccccc1)NC1CCC2(CC1)OCCO2. The van der Waals surface area contributed by atoms with Gasteiger partial charge in [0.1, 0.15) is 0 Å². The average Bonchev–Trinajstić information content (AvgIpc) is 2.91. The van der Waals surface area contributed by atoms with E-state index in [-0.39, 0.29) is 5.79 Å². The Labute approximate surface area is 121 Å². The fourth-order valence-corrected chi connectivity index (χ4v) is 3.44. The van der Waals surface area contributed by atoms with Crippen LogP contribution in [0, 0.1) is 0 Å². The zero-order valence-corrected chi connectivity index (χ0v) is 12.3. The largest absolute Gasteiger partial charge is 0.348 e. The Morgan fingerprint density at radius 3 is 2.45 bits per heavy atom. The third-order valence-electron chi connectivity index (χ3n) is 4.47. The minimum Gasteiger partial charge on any atom is -0.348 e. The molecule has 0 amide bonds. The van der Waals surface area contributed by atoms with E-state index in [1.54, 1.807) is 0 Å². The van der Waals surface area contributed by atoms with Gasteiger partial charge < -0.3 is 14.8 Å². The quantitative estimate of drug-likeness (QED) is 0.916. The number of hydrogen-bond acceptors (Lipinski definition) is 3. The number of ether oxygens (including phenoxy) is 2. The standard InChI is InChI=1S/C17H25NO2/c1-14(13-15-5-3-2-4-6-15)18-16-7-9-17(10-8-16)19-11-12-20-17/h2-6,14,16,18H,7-13H2,1H3. The molecule has 1 spiro atoms. The second-order valence-corrected chi connectivity index (χ2v) is 6.14. The van der Waals surface area contributed by atoms with Crippen LogP contribution >= 0.6 is 0 Å². The van der Waals surface area contributed by atoms with Crippen LogP contribution in [0.3, 0.4) is 0 Å². The van der Waals surface area contributed by atoms with Gasteiger partial charge in [0.25, 0.3) is 0 Å². The summed E-state index contributed by atoms with van der Waals surface area (Å²) < 4.78 is 11.6. The lowest BCUT2D eigenvalue weighted by atomic mass is 9.89. The molecule has 1 unspecified atom stereocenters. The normalized spacial score (nSPS) is 24.1. The van der Waals surface area contributed by atoms with Gasteiger partial charge in [0.15, 0.2) is 5.79 Å². The van der Waals surface area contributed by atoms with E-state index in [0.29, 0.717) is 12.1 Å². The molecule has 0 radical (unpaired) electrons. The van der Waals surface area contributed by atoms with Crippen molar-refractivity contribution in [3.05, 3.63) is 35.9 Å². The molecule has 0 bridgehead atoms. The summed E-state index contributed by atoms with van der Waals surface area (Å²) in [5.41, 5.74) is 1.40. The minimum absolute atomic E-state index is 0.235. The molecule has 0 aromatic heterocycles. The van der Waals surface area contributed by atoms with Crippen molar-refractivity contribution in [2.75, 3.05) is 13.2 Å². The second-order valence-electron chi connectivity index (χ2n) is 6.14. The molecule has 1 heterocycles. The van der Waals surface area contributed by atoms with Crippen molar-refractivity contribution in [1.82, 2.24) is 5.32 Å². The first kappa shape index (κ1) is 14.1. The molecule has 1 N–H and O–H groups in total. The van der Waals surface area contributed by atoms with Crippen LogP contribution in [0.25, 0.3) is 0 Å². The molecule has 3 nitrogen and oxygen atoms in total. The van der Waals surface area contributed by atoms with Gasteiger partial charge >= 0.3 is 0 Å². The van der Waals surface area contributed by atoms with Crippen LogP contribution < -0.4 is 5.32 Å². The number of hydrogen-bond donors (Lipinski definition) is 1. The molecular weight excluding hydrogens is 250 g/mol. The molecule has 3 rings (SSSR count). The lowest BCUT2D eigenvalue weighted by Gasteiger charge is -2.36. The van der Waals surface area contributed by atoms with Gasteiger partial charge in [-0.2, -0.15) is 0 Å². The van der Waals surface area contributed by atoms with Crippen LogP contribution in [-0.2, 0) is 15.9 Å². The smallest absolute Gasteiger partial charge is 0.168 e. The Bertz CT molecular complexity index is 404. The molecule has 2 aliphatic rings. The average molecular weight is 275 g/mol. The van der Waals surface area contributed by atoms with E-state index in [9.17, 15) is 0 Å². The maximum atomic E-state index is 5.78. The minimum atomic E-state index is -0.235. The zero-order valence-electron chi connectivity index (χ0n) is 12.3. The van der Waals surface area contributed by atoms with Gasteiger partial charge in [-0.1, -0.05) is 30.3 Å². The van der Waals surface area contributed by atoms with Gasteiger partial charge in [0, 0.05) is 24.9 Å². The molecule has 3 heteroatoms. The highest BCUT2D eigenvalue weighted by Crippen LogP contribution is 2.35. The van der Waals surface area contributed by atoms with Crippen LogP contribution in [0.15, 0.2) is 30.3 Å². The number of rotatable bonds is 4. The van der Waals surface area contributed by atoms with Crippen molar-refractivity contribution in [2.45, 2.75) is 56.9 Å². The Balaban J connectivity index is 1.45. The first-order valence-corrected chi connectivity index (χ1v) is 7.84. The molecule has 1 saturated heterocycles. The topological polar surface area (TPSA) is 30.5 Å². The van der Waals surface area contributed by atoms with Gasteiger partial charge in [-0.15, -0.1) is 0 Å². The van der Waals surface area contributed by atoms with Gasteiger partial charge in [0.2, 0.25) is 0 Å². The van der Waals surface area contributed by atoms with Crippen molar-refractivity contribution in [3.63, 3.8) is 0 Å². The number of benzene rings is 1. The highest BCUT2D eigenvalue weighted by Gasteiger charge is 2.40. The number of nitrogens with one attached hydrogen (secondary N) is 1. The van der Waals surface area contributed by atoms with E-state index < -0.39 is 0 Å².